The molecule has 2 aromatic carbocycles. The van der Waals surface area contributed by atoms with E-state index in [0.717, 1.165) is 5.75 Å². The highest BCUT2D eigenvalue weighted by Crippen LogP contribution is 2.35. The molecule has 0 fully saturated rings. The highest BCUT2D eigenvalue weighted by molar-refractivity contribution is 5.99. The minimum Gasteiger partial charge on any atom is -0.457 e. The van der Waals surface area contributed by atoms with E-state index in [4.69, 9.17) is 4.74 Å². The number of nitrogens with zero attached hydrogens (tertiary/aromatic N) is 2. The molecular formula is C16H12N2O2. The number of rotatable bonds is 2. The highest BCUT2D eigenvalue weighted by Gasteiger charge is 2.34. The van der Waals surface area contributed by atoms with Gasteiger partial charge in [-0.2, -0.15) is 5.26 Å². The van der Waals surface area contributed by atoms with Gasteiger partial charge in [0.25, 0.3) is 5.91 Å². The first-order valence-electron chi connectivity index (χ1n) is 6.24. The third kappa shape index (κ3) is 1.90. The second-order valence-electron chi connectivity index (χ2n) is 4.61. The number of benzene rings is 2. The zero-order valence-electron chi connectivity index (χ0n) is 10.9. The average molecular weight is 264 g/mol. The molecule has 1 aliphatic heterocycles. The molecule has 1 heterocycles. The van der Waals surface area contributed by atoms with Gasteiger partial charge in [0.2, 0.25) is 0 Å². The van der Waals surface area contributed by atoms with E-state index in [1.54, 1.807) is 25.2 Å². The van der Waals surface area contributed by atoms with Crippen molar-refractivity contribution < 1.29 is 9.53 Å². The van der Waals surface area contributed by atoms with Crippen LogP contribution in [0.3, 0.4) is 0 Å². The van der Waals surface area contributed by atoms with Crippen LogP contribution in [0.25, 0.3) is 0 Å². The molecule has 2 aromatic rings. The van der Waals surface area contributed by atoms with Crippen molar-refractivity contribution in [3.05, 3.63) is 59.7 Å². The van der Waals surface area contributed by atoms with Crippen LogP contribution in [-0.2, 0) is 0 Å². The van der Waals surface area contributed by atoms with Crippen LogP contribution in [-0.4, -0.2) is 17.9 Å². The zero-order chi connectivity index (χ0) is 14.1. The van der Waals surface area contributed by atoms with Gasteiger partial charge in [0.05, 0.1) is 6.07 Å². The fourth-order valence-corrected chi connectivity index (χ4v) is 2.32. The van der Waals surface area contributed by atoms with Gasteiger partial charge in [0, 0.05) is 18.2 Å². The van der Waals surface area contributed by atoms with Gasteiger partial charge in [-0.05, 0) is 30.3 Å². The van der Waals surface area contributed by atoms with Crippen molar-refractivity contribution in [3.8, 4) is 17.6 Å². The number of amides is 1. The van der Waals surface area contributed by atoms with Crippen molar-refractivity contribution in [3.63, 3.8) is 0 Å². The van der Waals surface area contributed by atoms with Gasteiger partial charge in [-0.15, -0.1) is 0 Å². The zero-order valence-corrected chi connectivity index (χ0v) is 10.9. The fourth-order valence-electron chi connectivity index (χ4n) is 2.32. The molecule has 20 heavy (non-hydrogen) atoms. The summed E-state index contributed by atoms with van der Waals surface area (Å²) in [5.41, 5.74) is 1.27. The molecule has 0 saturated heterocycles. The Balaban J connectivity index is 1.97. The van der Waals surface area contributed by atoms with Gasteiger partial charge in [-0.1, -0.05) is 18.2 Å². The fraction of sp³-hybridized carbons (Fsp3) is 0.125. The smallest absolute Gasteiger partial charge is 0.255 e. The van der Waals surface area contributed by atoms with E-state index in [2.05, 4.69) is 6.07 Å². The Morgan fingerprint density at radius 2 is 1.90 bits per heavy atom. The van der Waals surface area contributed by atoms with E-state index in [0.29, 0.717) is 16.9 Å². The van der Waals surface area contributed by atoms with Crippen LogP contribution in [0.2, 0.25) is 0 Å². The average Bonchev–Trinajstić information content (AvgIpc) is 2.71. The van der Waals surface area contributed by atoms with E-state index in [1.807, 2.05) is 30.3 Å². The minimum absolute atomic E-state index is 0.127. The summed E-state index contributed by atoms with van der Waals surface area (Å²) in [5.74, 6) is 1.22. The van der Waals surface area contributed by atoms with E-state index in [9.17, 15) is 10.1 Å². The van der Waals surface area contributed by atoms with Crippen LogP contribution in [0.4, 0.5) is 0 Å². The molecule has 4 heteroatoms. The van der Waals surface area contributed by atoms with Crippen LogP contribution < -0.4 is 4.74 Å². The molecule has 1 unspecified atom stereocenters. The second-order valence-corrected chi connectivity index (χ2v) is 4.61. The SMILES string of the molecule is CN1C(=O)c2ccc(Oc3ccccc3)cc2C1C#N. The van der Waals surface area contributed by atoms with Gasteiger partial charge in [-0.3, -0.25) is 4.79 Å². The van der Waals surface area contributed by atoms with Crippen LogP contribution in [0, 0.1) is 11.3 Å². The summed E-state index contributed by atoms with van der Waals surface area (Å²) in [6.45, 7) is 0. The molecule has 0 radical (unpaired) electrons. The van der Waals surface area contributed by atoms with Gasteiger partial charge in [0.1, 0.15) is 17.5 Å². The highest BCUT2D eigenvalue weighted by atomic mass is 16.5. The molecule has 0 N–H and O–H groups in total. The van der Waals surface area contributed by atoms with Gasteiger partial charge in [-0.25, -0.2) is 0 Å². The number of nitriles is 1. The predicted octanol–water partition coefficient (Wildman–Crippen LogP) is 3.13. The second kappa shape index (κ2) is 4.71. The molecule has 0 bridgehead atoms. The minimum atomic E-state index is -0.545. The maximum absolute atomic E-state index is 12.0. The lowest BCUT2D eigenvalue weighted by molar-refractivity contribution is 0.0800. The van der Waals surface area contributed by atoms with Crippen LogP contribution in [0.1, 0.15) is 22.0 Å². The maximum Gasteiger partial charge on any atom is 0.255 e. The Bertz CT molecular complexity index is 704. The third-order valence-corrected chi connectivity index (χ3v) is 3.36. The molecule has 1 amide bonds. The standard InChI is InChI=1S/C16H12N2O2/c1-18-15(10-17)14-9-12(7-8-13(14)16(18)19)20-11-5-3-2-4-6-11/h2-9,15H,1H3. The van der Waals surface area contributed by atoms with E-state index in [1.165, 1.54) is 4.90 Å². The topological polar surface area (TPSA) is 53.3 Å². The first-order chi connectivity index (χ1) is 9.70. The molecule has 3 rings (SSSR count). The molecule has 1 aliphatic rings. The van der Waals surface area contributed by atoms with Gasteiger partial charge in [0.15, 0.2) is 0 Å². The first-order valence-corrected chi connectivity index (χ1v) is 6.24. The van der Waals surface area contributed by atoms with Crippen molar-refractivity contribution in [2.24, 2.45) is 0 Å². The van der Waals surface area contributed by atoms with Crippen molar-refractivity contribution in [1.82, 2.24) is 4.90 Å². The summed E-state index contributed by atoms with van der Waals surface area (Å²) in [6, 6.07) is 16.2. The number of fused-ring (bicyclic) bond motifs is 1. The van der Waals surface area contributed by atoms with Crippen LogP contribution >= 0.6 is 0 Å². The molecule has 0 spiro atoms. The van der Waals surface area contributed by atoms with Gasteiger partial charge < -0.3 is 9.64 Å². The maximum atomic E-state index is 12.0. The van der Waals surface area contributed by atoms with Crippen LogP contribution in [0.15, 0.2) is 48.5 Å². The van der Waals surface area contributed by atoms with Crippen molar-refractivity contribution in [2.75, 3.05) is 7.05 Å². The Hall–Kier alpha value is -2.80. The molecular weight excluding hydrogens is 252 g/mol. The Kier molecular flexibility index (Phi) is 2.88. The summed E-state index contributed by atoms with van der Waals surface area (Å²) >= 11 is 0. The lowest BCUT2D eigenvalue weighted by Gasteiger charge is -2.12. The number of ether oxygens (including phenoxy) is 1. The molecule has 1 atom stereocenters. The Morgan fingerprint density at radius 1 is 1.15 bits per heavy atom. The quantitative estimate of drug-likeness (QED) is 0.837. The van der Waals surface area contributed by atoms with Crippen molar-refractivity contribution >= 4 is 5.91 Å². The molecule has 0 aliphatic carbocycles. The predicted molar refractivity (Wildman–Crippen MR) is 73.4 cm³/mol. The number of hydrogen-bond donors (Lipinski definition) is 0. The molecule has 0 aromatic heterocycles. The van der Waals surface area contributed by atoms with E-state index in [-0.39, 0.29) is 5.91 Å². The molecule has 4 nitrogen and oxygen atoms in total. The van der Waals surface area contributed by atoms with Crippen molar-refractivity contribution in [2.45, 2.75) is 6.04 Å². The van der Waals surface area contributed by atoms with Crippen LogP contribution in [0.5, 0.6) is 11.5 Å². The van der Waals surface area contributed by atoms with Crippen molar-refractivity contribution in [1.29, 1.82) is 5.26 Å². The Morgan fingerprint density at radius 3 is 2.60 bits per heavy atom. The molecule has 98 valence electrons. The monoisotopic (exact) mass is 264 g/mol. The Labute approximate surface area is 116 Å². The normalized spacial score (nSPS) is 16.7. The van der Waals surface area contributed by atoms with E-state index >= 15 is 0 Å². The van der Waals surface area contributed by atoms with E-state index < -0.39 is 6.04 Å². The largest absolute Gasteiger partial charge is 0.457 e. The summed E-state index contributed by atoms with van der Waals surface area (Å²) in [6.07, 6.45) is 0. The number of hydrogen-bond acceptors (Lipinski definition) is 3. The summed E-state index contributed by atoms with van der Waals surface area (Å²) in [5, 5.41) is 9.20. The number of para-hydroxylation sites is 1. The van der Waals surface area contributed by atoms with Gasteiger partial charge >= 0.3 is 0 Å². The number of carbonyl (C=O) groups is 1. The number of carbonyl (C=O) groups excluding carboxylic acids is 1. The lowest BCUT2D eigenvalue weighted by Crippen LogP contribution is -2.21. The summed E-state index contributed by atoms with van der Waals surface area (Å²) < 4.78 is 5.73. The lowest BCUT2D eigenvalue weighted by atomic mass is 10.1. The third-order valence-electron chi connectivity index (χ3n) is 3.36. The summed E-state index contributed by atoms with van der Waals surface area (Å²) in [7, 11) is 1.63. The summed E-state index contributed by atoms with van der Waals surface area (Å²) in [4.78, 5) is 13.4. The first kappa shape index (κ1) is 12.2. The molecule has 0 saturated carbocycles.